The molecular weight excluding hydrogens is 222 g/mol. The highest BCUT2D eigenvalue weighted by Crippen LogP contribution is 2.58. The Morgan fingerprint density at radius 2 is 1.89 bits per heavy atom. The molecule has 1 aliphatic heterocycles. The molecule has 0 unspecified atom stereocenters. The number of nitrogens with zero attached hydrogens (tertiary/aromatic N) is 1. The molecule has 1 saturated carbocycles. The first kappa shape index (κ1) is 11.7. The maximum atomic E-state index is 9.62. The van der Waals surface area contributed by atoms with Gasteiger partial charge in [0.05, 0.1) is 30.1 Å². The summed E-state index contributed by atoms with van der Waals surface area (Å²) in [5.74, 6) is 0. The smallest absolute Gasteiger partial charge is 0.0715 e. The number of rotatable bonds is 2. The van der Waals surface area contributed by atoms with Crippen molar-refractivity contribution >= 4 is 0 Å². The summed E-state index contributed by atoms with van der Waals surface area (Å²) >= 11 is 0. The first-order valence-corrected chi connectivity index (χ1v) is 6.70. The average Bonchev–Trinajstić information content (AvgIpc) is 2.25. The Labute approximate surface area is 109 Å². The molecule has 1 aromatic rings. The largest absolute Gasteiger partial charge is 0.379 e. The molecule has 1 aliphatic carbocycles. The Hall–Kier alpha value is -1.33. The molecule has 0 N–H and O–H groups in total. The maximum absolute atomic E-state index is 9.62. The molecule has 1 saturated heterocycles. The van der Waals surface area contributed by atoms with Gasteiger partial charge in [-0.3, -0.25) is 0 Å². The van der Waals surface area contributed by atoms with Crippen molar-refractivity contribution < 1.29 is 4.74 Å². The summed E-state index contributed by atoms with van der Waals surface area (Å²) in [5.41, 5.74) is 3.71. The Balaban J connectivity index is 2.06. The van der Waals surface area contributed by atoms with E-state index in [4.69, 9.17) is 4.74 Å². The van der Waals surface area contributed by atoms with Crippen LogP contribution in [0.5, 0.6) is 0 Å². The van der Waals surface area contributed by atoms with E-state index in [1.54, 1.807) is 0 Å². The number of ether oxygens (including phenoxy) is 1. The lowest BCUT2D eigenvalue weighted by atomic mass is 9.50. The highest BCUT2D eigenvalue weighted by molar-refractivity contribution is 5.41. The van der Waals surface area contributed by atoms with Crippen LogP contribution < -0.4 is 0 Å². The number of nitriles is 1. The molecule has 2 aliphatic rings. The minimum Gasteiger partial charge on any atom is -0.379 e. The first-order chi connectivity index (χ1) is 8.63. The van der Waals surface area contributed by atoms with Crippen molar-refractivity contribution in [3.8, 4) is 6.07 Å². The van der Waals surface area contributed by atoms with E-state index in [0.29, 0.717) is 13.2 Å². The topological polar surface area (TPSA) is 33.0 Å². The van der Waals surface area contributed by atoms with Crippen molar-refractivity contribution in [1.29, 1.82) is 5.26 Å². The third-order valence-electron chi connectivity index (χ3n) is 5.09. The fourth-order valence-corrected chi connectivity index (χ4v) is 3.29. The Morgan fingerprint density at radius 1 is 1.17 bits per heavy atom. The van der Waals surface area contributed by atoms with Gasteiger partial charge in [-0.1, -0.05) is 24.6 Å². The Bertz CT molecular complexity index is 518. The summed E-state index contributed by atoms with van der Waals surface area (Å²) in [7, 11) is 0. The number of benzene rings is 1. The summed E-state index contributed by atoms with van der Waals surface area (Å²) in [4.78, 5) is 0. The zero-order chi connectivity index (χ0) is 12.8. The highest BCUT2D eigenvalue weighted by atomic mass is 16.5. The fourth-order valence-electron chi connectivity index (χ4n) is 3.29. The van der Waals surface area contributed by atoms with Crippen LogP contribution in [-0.4, -0.2) is 13.2 Å². The second kappa shape index (κ2) is 3.83. The Morgan fingerprint density at radius 3 is 2.28 bits per heavy atom. The van der Waals surface area contributed by atoms with Crippen LogP contribution in [0.2, 0.25) is 0 Å². The summed E-state index contributed by atoms with van der Waals surface area (Å²) in [6.07, 6.45) is 3.24. The SMILES string of the molecule is Cc1ccc(C2(C3(C#N)CCC3)COC2)cc1C. The predicted molar refractivity (Wildman–Crippen MR) is 70.3 cm³/mol. The van der Waals surface area contributed by atoms with Crippen LogP contribution in [0, 0.1) is 30.6 Å². The van der Waals surface area contributed by atoms with Crippen LogP contribution >= 0.6 is 0 Å². The quantitative estimate of drug-likeness (QED) is 0.796. The molecule has 0 bridgehead atoms. The van der Waals surface area contributed by atoms with Gasteiger partial charge in [-0.15, -0.1) is 0 Å². The number of aryl methyl sites for hydroxylation is 2. The van der Waals surface area contributed by atoms with E-state index in [9.17, 15) is 5.26 Å². The molecule has 2 fully saturated rings. The van der Waals surface area contributed by atoms with Crippen molar-refractivity contribution in [2.45, 2.75) is 38.5 Å². The van der Waals surface area contributed by atoms with Crippen LogP contribution in [0.25, 0.3) is 0 Å². The van der Waals surface area contributed by atoms with E-state index in [1.165, 1.54) is 23.1 Å². The summed E-state index contributed by atoms with van der Waals surface area (Å²) in [6.45, 7) is 5.70. The standard InChI is InChI=1S/C16H19NO/c1-12-4-5-14(8-13(12)2)16(10-18-11-16)15(9-17)6-3-7-15/h4-5,8H,3,6-7,10-11H2,1-2H3. The fraction of sp³-hybridized carbons (Fsp3) is 0.562. The van der Waals surface area contributed by atoms with Gasteiger partial charge in [0.15, 0.2) is 0 Å². The minimum atomic E-state index is -0.174. The van der Waals surface area contributed by atoms with E-state index >= 15 is 0 Å². The van der Waals surface area contributed by atoms with Crippen molar-refractivity contribution in [3.05, 3.63) is 34.9 Å². The predicted octanol–water partition coefficient (Wildman–Crippen LogP) is 3.27. The molecule has 2 heteroatoms. The third-order valence-corrected chi connectivity index (χ3v) is 5.09. The minimum absolute atomic E-state index is 0.0432. The summed E-state index contributed by atoms with van der Waals surface area (Å²) < 4.78 is 5.50. The van der Waals surface area contributed by atoms with Gasteiger partial charge < -0.3 is 4.74 Å². The second-order valence-corrected chi connectivity index (χ2v) is 5.92. The summed E-state index contributed by atoms with van der Waals surface area (Å²) in [6, 6.07) is 9.24. The molecule has 18 heavy (non-hydrogen) atoms. The van der Waals surface area contributed by atoms with Crippen LogP contribution in [-0.2, 0) is 10.2 Å². The molecule has 3 rings (SSSR count). The van der Waals surface area contributed by atoms with E-state index in [1.807, 2.05) is 0 Å². The molecule has 0 amide bonds. The van der Waals surface area contributed by atoms with Crippen LogP contribution in [0.4, 0.5) is 0 Å². The van der Waals surface area contributed by atoms with Crippen molar-refractivity contribution in [3.63, 3.8) is 0 Å². The number of hydrogen-bond donors (Lipinski definition) is 0. The molecule has 0 aromatic heterocycles. The zero-order valence-electron chi connectivity index (χ0n) is 11.1. The zero-order valence-corrected chi connectivity index (χ0v) is 11.1. The van der Waals surface area contributed by atoms with Gasteiger partial charge in [0.2, 0.25) is 0 Å². The van der Waals surface area contributed by atoms with Gasteiger partial charge in [-0.2, -0.15) is 5.26 Å². The van der Waals surface area contributed by atoms with E-state index in [2.05, 4.69) is 38.1 Å². The molecule has 1 aromatic carbocycles. The third kappa shape index (κ3) is 1.31. The first-order valence-electron chi connectivity index (χ1n) is 6.70. The van der Waals surface area contributed by atoms with Gasteiger partial charge in [-0.25, -0.2) is 0 Å². The van der Waals surface area contributed by atoms with Gasteiger partial charge in [-0.05, 0) is 43.4 Å². The second-order valence-electron chi connectivity index (χ2n) is 5.92. The van der Waals surface area contributed by atoms with Gasteiger partial charge in [0.1, 0.15) is 0 Å². The number of hydrogen-bond acceptors (Lipinski definition) is 2. The van der Waals surface area contributed by atoms with Crippen molar-refractivity contribution in [2.24, 2.45) is 5.41 Å². The lowest BCUT2D eigenvalue weighted by Gasteiger charge is -2.56. The molecule has 1 heterocycles. The lowest BCUT2D eigenvalue weighted by Crippen LogP contribution is -2.61. The molecule has 0 atom stereocenters. The maximum Gasteiger partial charge on any atom is 0.0715 e. The molecule has 94 valence electrons. The van der Waals surface area contributed by atoms with E-state index in [-0.39, 0.29) is 10.8 Å². The average molecular weight is 241 g/mol. The normalized spacial score (nSPS) is 23.6. The van der Waals surface area contributed by atoms with Crippen LogP contribution in [0.1, 0.15) is 36.0 Å². The molecule has 0 radical (unpaired) electrons. The molecular formula is C16H19NO. The Kier molecular flexibility index (Phi) is 2.50. The monoisotopic (exact) mass is 241 g/mol. The van der Waals surface area contributed by atoms with Crippen LogP contribution in [0.15, 0.2) is 18.2 Å². The van der Waals surface area contributed by atoms with Gasteiger partial charge in [0, 0.05) is 0 Å². The lowest BCUT2D eigenvalue weighted by molar-refractivity contribution is -0.134. The van der Waals surface area contributed by atoms with Crippen molar-refractivity contribution in [2.75, 3.05) is 13.2 Å². The van der Waals surface area contributed by atoms with E-state index < -0.39 is 0 Å². The van der Waals surface area contributed by atoms with E-state index in [0.717, 1.165) is 12.8 Å². The van der Waals surface area contributed by atoms with Gasteiger partial charge in [0.25, 0.3) is 0 Å². The van der Waals surface area contributed by atoms with Gasteiger partial charge >= 0.3 is 0 Å². The summed E-state index contributed by atoms with van der Waals surface area (Å²) in [5, 5.41) is 9.62. The molecule has 0 spiro atoms. The highest BCUT2D eigenvalue weighted by Gasteiger charge is 2.60. The van der Waals surface area contributed by atoms with Crippen LogP contribution in [0.3, 0.4) is 0 Å². The molecule has 2 nitrogen and oxygen atoms in total. The van der Waals surface area contributed by atoms with Crippen molar-refractivity contribution in [1.82, 2.24) is 0 Å².